The first-order chi connectivity index (χ1) is 15.8. The SMILES string of the molecule is CCOC(=O)C1CCCN(C(=O)c2ccc3c(c2)N(CC)C(=O)c2ccccc2S3(=O)=O)C1. The first-order valence-corrected chi connectivity index (χ1v) is 12.5. The number of sulfone groups is 1. The number of anilines is 1. The quantitative estimate of drug-likeness (QED) is 0.637. The molecule has 174 valence electrons. The third kappa shape index (κ3) is 4.01. The largest absolute Gasteiger partial charge is 0.466 e. The second kappa shape index (κ2) is 8.97. The summed E-state index contributed by atoms with van der Waals surface area (Å²) in [5.41, 5.74) is 0.561. The average Bonchev–Trinajstić information content (AvgIpc) is 2.90. The molecule has 0 aliphatic carbocycles. The van der Waals surface area contributed by atoms with Crippen molar-refractivity contribution in [2.75, 3.05) is 31.1 Å². The zero-order valence-corrected chi connectivity index (χ0v) is 19.4. The number of ether oxygens (including phenoxy) is 1. The summed E-state index contributed by atoms with van der Waals surface area (Å²) in [4.78, 5) is 41.5. The summed E-state index contributed by atoms with van der Waals surface area (Å²) >= 11 is 0. The van der Waals surface area contributed by atoms with E-state index in [1.807, 2.05) is 0 Å². The fourth-order valence-electron chi connectivity index (χ4n) is 4.45. The van der Waals surface area contributed by atoms with E-state index in [1.165, 1.54) is 35.2 Å². The Bertz CT molecular complexity index is 1220. The van der Waals surface area contributed by atoms with Crippen molar-refractivity contribution in [3.63, 3.8) is 0 Å². The molecule has 8 nitrogen and oxygen atoms in total. The van der Waals surface area contributed by atoms with Gasteiger partial charge in [-0.3, -0.25) is 14.4 Å². The Morgan fingerprint density at radius 1 is 1.09 bits per heavy atom. The lowest BCUT2D eigenvalue weighted by Gasteiger charge is -2.32. The molecule has 4 rings (SSSR count). The molecule has 0 bridgehead atoms. The van der Waals surface area contributed by atoms with Crippen LogP contribution in [0.4, 0.5) is 5.69 Å². The van der Waals surface area contributed by atoms with Gasteiger partial charge in [0.15, 0.2) is 0 Å². The van der Waals surface area contributed by atoms with E-state index in [1.54, 1.807) is 30.9 Å². The molecule has 2 amide bonds. The highest BCUT2D eigenvalue weighted by molar-refractivity contribution is 7.91. The number of piperidine rings is 1. The fraction of sp³-hybridized carbons (Fsp3) is 0.375. The Balaban J connectivity index is 1.72. The molecule has 2 aliphatic rings. The van der Waals surface area contributed by atoms with Crippen LogP contribution in [0.15, 0.2) is 52.3 Å². The monoisotopic (exact) mass is 470 g/mol. The first-order valence-electron chi connectivity index (χ1n) is 11.1. The van der Waals surface area contributed by atoms with E-state index in [0.717, 1.165) is 0 Å². The van der Waals surface area contributed by atoms with Gasteiger partial charge in [-0.1, -0.05) is 12.1 Å². The molecule has 2 aromatic carbocycles. The lowest BCUT2D eigenvalue weighted by molar-refractivity contribution is -0.149. The number of carbonyl (C=O) groups is 3. The van der Waals surface area contributed by atoms with E-state index in [9.17, 15) is 22.8 Å². The molecule has 0 spiro atoms. The van der Waals surface area contributed by atoms with Crippen molar-refractivity contribution in [1.29, 1.82) is 0 Å². The molecular formula is C24H26N2O6S. The Kier molecular flexibility index (Phi) is 6.25. The topological polar surface area (TPSA) is 101 Å². The minimum absolute atomic E-state index is 0.0118. The van der Waals surface area contributed by atoms with Crippen molar-refractivity contribution in [2.24, 2.45) is 5.92 Å². The van der Waals surface area contributed by atoms with Crippen LogP contribution >= 0.6 is 0 Å². The maximum atomic E-state index is 13.4. The van der Waals surface area contributed by atoms with Gasteiger partial charge in [0, 0.05) is 25.2 Å². The normalized spacial score (nSPS) is 19.3. The molecule has 1 unspecified atom stereocenters. The number of esters is 1. The summed E-state index contributed by atoms with van der Waals surface area (Å²) in [5, 5.41) is 0. The maximum Gasteiger partial charge on any atom is 0.310 e. The van der Waals surface area contributed by atoms with Gasteiger partial charge in [0.1, 0.15) is 0 Å². The van der Waals surface area contributed by atoms with Gasteiger partial charge in [0.25, 0.3) is 11.8 Å². The Labute approximate surface area is 193 Å². The van der Waals surface area contributed by atoms with Crippen LogP contribution in [-0.4, -0.2) is 57.3 Å². The highest BCUT2D eigenvalue weighted by Crippen LogP contribution is 2.37. The molecule has 0 aromatic heterocycles. The lowest BCUT2D eigenvalue weighted by Crippen LogP contribution is -2.43. The van der Waals surface area contributed by atoms with Crippen LogP contribution in [0.5, 0.6) is 0 Å². The van der Waals surface area contributed by atoms with E-state index >= 15 is 0 Å². The zero-order valence-electron chi connectivity index (χ0n) is 18.6. The fourth-order valence-corrected chi connectivity index (χ4v) is 6.08. The Hall–Kier alpha value is -3.20. The Morgan fingerprint density at radius 2 is 1.85 bits per heavy atom. The summed E-state index contributed by atoms with van der Waals surface area (Å²) in [6.07, 6.45) is 1.32. The number of rotatable bonds is 4. The van der Waals surface area contributed by atoms with E-state index in [-0.39, 0.29) is 64.1 Å². The van der Waals surface area contributed by atoms with Crippen LogP contribution in [0.1, 0.15) is 47.4 Å². The van der Waals surface area contributed by atoms with Crippen LogP contribution in [0.2, 0.25) is 0 Å². The van der Waals surface area contributed by atoms with E-state index in [0.29, 0.717) is 19.4 Å². The maximum absolute atomic E-state index is 13.4. The van der Waals surface area contributed by atoms with Crippen LogP contribution in [-0.2, 0) is 19.4 Å². The molecule has 1 saturated heterocycles. The number of hydrogen-bond acceptors (Lipinski definition) is 6. The van der Waals surface area contributed by atoms with Gasteiger partial charge in [-0.05, 0) is 57.0 Å². The van der Waals surface area contributed by atoms with Crippen molar-refractivity contribution in [1.82, 2.24) is 4.90 Å². The van der Waals surface area contributed by atoms with Gasteiger partial charge in [-0.15, -0.1) is 0 Å². The zero-order chi connectivity index (χ0) is 23.8. The van der Waals surface area contributed by atoms with Crippen LogP contribution in [0.3, 0.4) is 0 Å². The number of nitrogens with zero attached hydrogens (tertiary/aromatic N) is 2. The molecule has 1 atom stereocenters. The van der Waals surface area contributed by atoms with Crippen LogP contribution in [0.25, 0.3) is 0 Å². The number of benzene rings is 2. The van der Waals surface area contributed by atoms with Crippen molar-refractivity contribution < 1.29 is 27.5 Å². The van der Waals surface area contributed by atoms with Gasteiger partial charge in [0.05, 0.1) is 33.6 Å². The number of likely N-dealkylation sites (tertiary alicyclic amines) is 1. The average molecular weight is 471 g/mol. The summed E-state index contributed by atoms with van der Waals surface area (Å²) < 4.78 is 31.8. The summed E-state index contributed by atoms with van der Waals surface area (Å²) in [6.45, 7) is 4.76. The second-order valence-electron chi connectivity index (χ2n) is 8.07. The summed E-state index contributed by atoms with van der Waals surface area (Å²) in [6, 6.07) is 10.5. The van der Waals surface area contributed by atoms with E-state index < -0.39 is 15.7 Å². The van der Waals surface area contributed by atoms with Crippen molar-refractivity contribution in [3.05, 3.63) is 53.6 Å². The number of fused-ring (bicyclic) bond motifs is 2. The molecule has 9 heteroatoms. The minimum atomic E-state index is -3.96. The molecule has 2 aromatic rings. The molecular weight excluding hydrogens is 444 g/mol. The van der Waals surface area contributed by atoms with Gasteiger partial charge in [-0.2, -0.15) is 0 Å². The third-order valence-corrected chi connectivity index (χ3v) is 7.94. The van der Waals surface area contributed by atoms with Crippen LogP contribution in [0, 0.1) is 5.92 Å². The minimum Gasteiger partial charge on any atom is -0.466 e. The number of carbonyl (C=O) groups excluding carboxylic acids is 3. The molecule has 2 heterocycles. The molecule has 33 heavy (non-hydrogen) atoms. The molecule has 0 radical (unpaired) electrons. The second-order valence-corrected chi connectivity index (χ2v) is 9.96. The Morgan fingerprint density at radius 3 is 2.58 bits per heavy atom. The predicted molar refractivity (Wildman–Crippen MR) is 121 cm³/mol. The molecule has 0 saturated carbocycles. The standard InChI is InChI=1S/C24H26N2O6S/c1-3-26-19-14-16(22(27)25-13-7-8-17(15-25)24(29)32-4-2)11-12-21(19)33(30,31)20-10-6-5-9-18(20)23(26)28/h5-6,9-12,14,17H,3-4,7-8,13,15H2,1-2H3. The molecule has 2 aliphatic heterocycles. The number of amides is 2. The van der Waals surface area contributed by atoms with Crippen LogP contribution < -0.4 is 4.90 Å². The third-order valence-electron chi connectivity index (χ3n) is 6.08. The van der Waals surface area contributed by atoms with Gasteiger partial charge >= 0.3 is 5.97 Å². The van der Waals surface area contributed by atoms with Crippen molar-refractivity contribution in [3.8, 4) is 0 Å². The first kappa shape index (κ1) is 23.0. The van der Waals surface area contributed by atoms with E-state index in [4.69, 9.17) is 4.74 Å². The highest BCUT2D eigenvalue weighted by atomic mass is 32.2. The van der Waals surface area contributed by atoms with Gasteiger partial charge in [0.2, 0.25) is 9.84 Å². The highest BCUT2D eigenvalue weighted by Gasteiger charge is 2.36. The van der Waals surface area contributed by atoms with Crippen molar-refractivity contribution >= 4 is 33.3 Å². The molecule has 0 N–H and O–H groups in total. The predicted octanol–water partition coefficient (Wildman–Crippen LogP) is 2.91. The summed E-state index contributed by atoms with van der Waals surface area (Å²) in [5.74, 6) is -1.44. The summed E-state index contributed by atoms with van der Waals surface area (Å²) in [7, 11) is -3.96. The molecule has 1 fully saturated rings. The van der Waals surface area contributed by atoms with E-state index in [2.05, 4.69) is 0 Å². The van der Waals surface area contributed by atoms with Crippen molar-refractivity contribution in [2.45, 2.75) is 36.5 Å². The van der Waals surface area contributed by atoms with Gasteiger partial charge < -0.3 is 14.5 Å². The van der Waals surface area contributed by atoms with Gasteiger partial charge in [-0.25, -0.2) is 8.42 Å². The lowest BCUT2D eigenvalue weighted by atomic mass is 9.97. The smallest absolute Gasteiger partial charge is 0.310 e. The number of hydrogen-bond donors (Lipinski definition) is 0.